The highest BCUT2D eigenvalue weighted by Gasteiger charge is 2.28. The molecule has 0 spiro atoms. The lowest BCUT2D eigenvalue weighted by molar-refractivity contribution is 0.0919. The Hall–Kier alpha value is -2.43. The molecule has 10 heteroatoms. The normalized spacial score (nSPS) is 18.9. The molecule has 1 fully saturated rings. The van der Waals surface area contributed by atoms with Crippen molar-refractivity contribution < 1.29 is 13.9 Å². The fourth-order valence-electron chi connectivity index (χ4n) is 3.94. The Balaban J connectivity index is 1.32. The first-order chi connectivity index (χ1) is 14.5. The number of ether oxygens (including phenoxy) is 1. The number of nitrogens with one attached hydrogen (secondary N) is 2. The number of aromatic nitrogens is 1. The highest BCUT2D eigenvalue weighted by atomic mass is 32.1. The van der Waals surface area contributed by atoms with Crippen LogP contribution in [0.2, 0.25) is 0 Å². The van der Waals surface area contributed by atoms with E-state index in [0.29, 0.717) is 34.9 Å². The maximum absolute atomic E-state index is 14.9. The number of thiazole rings is 1. The number of carbonyl (C=O) groups is 1. The molecule has 4 heterocycles. The van der Waals surface area contributed by atoms with Crippen LogP contribution in [0.5, 0.6) is 5.75 Å². The second-order valence-corrected chi connectivity index (χ2v) is 9.74. The van der Waals surface area contributed by atoms with Gasteiger partial charge < -0.3 is 26.0 Å². The molecule has 7 nitrogen and oxygen atoms in total. The Morgan fingerprint density at radius 2 is 2.17 bits per heavy atom. The number of carbonyl (C=O) groups excluding carboxylic acids is 1. The number of thiophene rings is 1. The van der Waals surface area contributed by atoms with Gasteiger partial charge in [-0.25, -0.2) is 9.37 Å². The summed E-state index contributed by atoms with van der Waals surface area (Å²) >= 11 is 2.77. The minimum absolute atomic E-state index is 0.268. The zero-order valence-electron chi connectivity index (χ0n) is 16.5. The number of nitrogens with zero attached hydrogens (tertiary/aromatic N) is 2. The van der Waals surface area contributed by atoms with Gasteiger partial charge in [0, 0.05) is 49.9 Å². The van der Waals surface area contributed by atoms with Crippen LogP contribution in [0.3, 0.4) is 0 Å². The van der Waals surface area contributed by atoms with Gasteiger partial charge in [-0.1, -0.05) is 0 Å². The van der Waals surface area contributed by atoms with Gasteiger partial charge in [-0.3, -0.25) is 4.79 Å². The molecule has 0 radical (unpaired) electrons. The number of nitrogen functional groups attached to an aromatic ring is 1. The molecule has 1 saturated heterocycles. The van der Waals surface area contributed by atoms with E-state index >= 15 is 0 Å². The van der Waals surface area contributed by atoms with Crippen molar-refractivity contribution in [2.45, 2.75) is 19.4 Å². The molecule has 30 heavy (non-hydrogen) atoms. The van der Waals surface area contributed by atoms with Gasteiger partial charge in [0.2, 0.25) is 0 Å². The van der Waals surface area contributed by atoms with Gasteiger partial charge in [-0.2, -0.15) is 0 Å². The van der Waals surface area contributed by atoms with Crippen LogP contribution in [0.25, 0.3) is 9.53 Å². The van der Waals surface area contributed by atoms with Crippen LogP contribution in [0, 0.1) is 12.7 Å². The molecule has 1 atom stereocenters. The lowest BCUT2D eigenvalue weighted by atomic mass is 10.0. The number of benzene rings is 1. The van der Waals surface area contributed by atoms with Crippen LogP contribution in [0.4, 0.5) is 15.8 Å². The van der Waals surface area contributed by atoms with Crippen molar-refractivity contribution in [1.82, 2.24) is 15.6 Å². The molecule has 2 aliphatic heterocycles. The van der Waals surface area contributed by atoms with Crippen LogP contribution in [-0.4, -0.2) is 49.7 Å². The third-order valence-corrected chi connectivity index (χ3v) is 7.68. The van der Waals surface area contributed by atoms with Crippen molar-refractivity contribution in [1.29, 1.82) is 0 Å². The summed E-state index contributed by atoms with van der Waals surface area (Å²) in [7, 11) is 0. The van der Waals surface area contributed by atoms with Crippen molar-refractivity contribution >= 4 is 49.5 Å². The third kappa shape index (κ3) is 3.48. The fraction of sp³-hybridized carbons (Fsp3) is 0.400. The predicted octanol–water partition coefficient (Wildman–Crippen LogP) is 2.53. The Bertz CT molecular complexity index is 1120. The first-order valence-corrected chi connectivity index (χ1v) is 11.5. The minimum atomic E-state index is -0.321. The van der Waals surface area contributed by atoms with Crippen LogP contribution in [0.15, 0.2) is 12.1 Å². The smallest absolute Gasteiger partial charge is 0.263 e. The molecule has 3 aromatic rings. The molecule has 0 aliphatic carbocycles. The van der Waals surface area contributed by atoms with Crippen molar-refractivity contribution in [3.8, 4) is 5.75 Å². The summed E-state index contributed by atoms with van der Waals surface area (Å²) in [6, 6.07) is 3.15. The highest BCUT2D eigenvalue weighted by molar-refractivity contribution is 7.29. The van der Waals surface area contributed by atoms with Crippen molar-refractivity contribution in [2.24, 2.45) is 0 Å². The molecule has 2 aromatic heterocycles. The fourth-order valence-corrected chi connectivity index (χ4v) is 6.03. The number of piperazine rings is 1. The molecule has 0 bridgehead atoms. The number of aryl methyl sites for hydroxylation is 1. The van der Waals surface area contributed by atoms with E-state index in [4.69, 9.17) is 10.5 Å². The number of amides is 1. The van der Waals surface area contributed by atoms with Gasteiger partial charge in [-0.15, -0.1) is 22.7 Å². The summed E-state index contributed by atoms with van der Waals surface area (Å²) in [5.41, 5.74) is 7.97. The maximum atomic E-state index is 14.9. The molecule has 4 N–H and O–H groups in total. The number of anilines is 2. The number of halogens is 1. The topological polar surface area (TPSA) is 92.5 Å². The predicted molar refractivity (Wildman–Crippen MR) is 119 cm³/mol. The summed E-state index contributed by atoms with van der Waals surface area (Å²) in [6.45, 7) is 5.64. The van der Waals surface area contributed by atoms with E-state index in [1.165, 1.54) is 22.7 Å². The zero-order chi connectivity index (χ0) is 20.8. The quantitative estimate of drug-likeness (QED) is 0.572. The van der Waals surface area contributed by atoms with E-state index in [-0.39, 0.29) is 17.8 Å². The minimum Gasteiger partial charge on any atom is -0.491 e. The van der Waals surface area contributed by atoms with Crippen molar-refractivity contribution in [2.75, 3.05) is 43.4 Å². The van der Waals surface area contributed by atoms with Gasteiger partial charge in [0.15, 0.2) is 0 Å². The average Bonchev–Trinajstić information content (AvgIpc) is 3.26. The first kappa shape index (κ1) is 19.5. The lowest BCUT2D eigenvalue weighted by Gasteiger charge is -2.32. The van der Waals surface area contributed by atoms with E-state index in [2.05, 4.69) is 20.5 Å². The second-order valence-electron chi connectivity index (χ2n) is 7.54. The van der Waals surface area contributed by atoms with E-state index in [0.717, 1.165) is 46.4 Å². The van der Waals surface area contributed by atoms with Crippen LogP contribution < -0.4 is 26.0 Å². The van der Waals surface area contributed by atoms with Crippen LogP contribution >= 0.6 is 22.7 Å². The molecule has 158 valence electrons. The zero-order valence-corrected chi connectivity index (χ0v) is 18.1. The number of hydrogen-bond donors (Lipinski definition) is 3. The molecular formula is C20H22FN5O2S2. The Kier molecular flexibility index (Phi) is 5.00. The molecular weight excluding hydrogens is 425 g/mol. The summed E-state index contributed by atoms with van der Waals surface area (Å²) in [4.78, 5) is 20.6. The Morgan fingerprint density at radius 3 is 2.93 bits per heavy atom. The summed E-state index contributed by atoms with van der Waals surface area (Å²) in [5.74, 6) is -0.00378. The maximum Gasteiger partial charge on any atom is 0.263 e. The van der Waals surface area contributed by atoms with Gasteiger partial charge in [0.1, 0.15) is 27.9 Å². The van der Waals surface area contributed by atoms with E-state index in [9.17, 15) is 9.18 Å². The van der Waals surface area contributed by atoms with Gasteiger partial charge in [-0.05, 0) is 13.0 Å². The molecule has 0 saturated carbocycles. The molecule has 1 amide bonds. The third-order valence-electron chi connectivity index (χ3n) is 5.44. The number of hydrogen-bond acceptors (Lipinski definition) is 8. The second kappa shape index (κ2) is 7.68. The largest absolute Gasteiger partial charge is 0.491 e. The molecule has 5 rings (SSSR count). The van der Waals surface area contributed by atoms with E-state index in [1.54, 1.807) is 6.07 Å². The SMILES string of the molecule is Cc1nc2sc(C(=O)N[C@@H]3COc4cc(N5CCNCC5)cc(F)c4C3)c(N)c2s1. The van der Waals surface area contributed by atoms with Crippen LogP contribution in [-0.2, 0) is 6.42 Å². The van der Waals surface area contributed by atoms with Crippen molar-refractivity contribution in [3.05, 3.63) is 33.4 Å². The summed E-state index contributed by atoms with van der Waals surface area (Å²) in [6.07, 6.45) is 0.381. The monoisotopic (exact) mass is 447 g/mol. The van der Waals surface area contributed by atoms with E-state index < -0.39 is 0 Å². The van der Waals surface area contributed by atoms with Gasteiger partial charge in [0.05, 0.1) is 21.4 Å². The van der Waals surface area contributed by atoms with Crippen LogP contribution in [0.1, 0.15) is 20.2 Å². The van der Waals surface area contributed by atoms with Gasteiger partial charge >= 0.3 is 0 Å². The number of nitrogens with two attached hydrogens (primary N) is 1. The number of fused-ring (bicyclic) bond motifs is 2. The average molecular weight is 448 g/mol. The standard InChI is InChI=1S/C20H22FN5O2S2/c1-10-24-20-18(29-10)16(22)17(30-20)19(27)25-11-6-13-14(21)7-12(8-15(13)28-9-11)26-4-2-23-3-5-26/h7-8,11,23H,2-6,9,22H2,1H3,(H,25,27)/t11-/m0/s1. The lowest BCUT2D eigenvalue weighted by Crippen LogP contribution is -2.44. The highest BCUT2D eigenvalue weighted by Crippen LogP contribution is 2.37. The molecule has 1 aromatic carbocycles. The number of rotatable bonds is 3. The molecule has 2 aliphatic rings. The van der Waals surface area contributed by atoms with Crippen molar-refractivity contribution in [3.63, 3.8) is 0 Å². The molecule has 0 unspecified atom stereocenters. The summed E-state index contributed by atoms with van der Waals surface area (Å²) < 4.78 is 21.5. The Labute approximate surface area is 181 Å². The first-order valence-electron chi connectivity index (χ1n) is 9.86. The van der Waals surface area contributed by atoms with Gasteiger partial charge in [0.25, 0.3) is 5.91 Å². The van der Waals surface area contributed by atoms with E-state index in [1.807, 2.05) is 13.0 Å². The Morgan fingerprint density at radius 1 is 1.37 bits per heavy atom. The summed E-state index contributed by atoms with van der Waals surface area (Å²) in [5, 5.41) is 7.16.